The monoisotopic (exact) mass is 372 g/mol. The van der Waals surface area contributed by atoms with E-state index >= 15 is 0 Å². The highest BCUT2D eigenvalue weighted by atomic mass is 32.2. The largest absolute Gasteiger partial charge is 0.494 e. The lowest BCUT2D eigenvalue weighted by molar-refractivity contribution is -0.113. The minimum atomic E-state index is -0.107. The van der Waals surface area contributed by atoms with Crippen molar-refractivity contribution in [2.24, 2.45) is 0 Å². The second-order valence-electron chi connectivity index (χ2n) is 5.32. The molecule has 0 spiro atoms. The number of carbonyl (C=O) groups is 1. The first-order valence-electron chi connectivity index (χ1n) is 8.33. The lowest BCUT2D eigenvalue weighted by Gasteiger charge is -2.08. The van der Waals surface area contributed by atoms with Crippen molar-refractivity contribution >= 4 is 23.4 Å². The average molecular weight is 372 g/mol. The van der Waals surface area contributed by atoms with Gasteiger partial charge in [0.1, 0.15) is 5.75 Å². The number of furan rings is 1. The molecule has 0 atom stereocenters. The van der Waals surface area contributed by atoms with Crippen LogP contribution < -0.4 is 10.1 Å². The number of ether oxygens (including phenoxy) is 1. The van der Waals surface area contributed by atoms with E-state index in [1.54, 1.807) is 12.3 Å². The molecule has 0 saturated heterocycles. The van der Waals surface area contributed by atoms with Crippen LogP contribution in [0.1, 0.15) is 13.8 Å². The van der Waals surface area contributed by atoms with Crippen LogP contribution in [0.3, 0.4) is 0 Å². The molecule has 26 heavy (non-hydrogen) atoms. The summed E-state index contributed by atoms with van der Waals surface area (Å²) in [7, 11) is 0. The smallest absolute Gasteiger partial charge is 0.234 e. The molecule has 7 nitrogen and oxygen atoms in total. The van der Waals surface area contributed by atoms with Gasteiger partial charge in [-0.05, 0) is 50.2 Å². The molecule has 0 radical (unpaired) electrons. The Balaban J connectivity index is 1.59. The normalized spacial score (nSPS) is 10.7. The fraction of sp³-hybridized carbons (Fsp3) is 0.278. The lowest BCUT2D eigenvalue weighted by atomic mass is 10.3. The second kappa shape index (κ2) is 8.57. The zero-order valence-corrected chi connectivity index (χ0v) is 15.5. The Labute approximate surface area is 155 Å². The zero-order chi connectivity index (χ0) is 18.4. The third-order valence-electron chi connectivity index (χ3n) is 3.56. The molecule has 2 heterocycles. The number of aromatic nitrogens is 3. The van der Waals surface area contributed by atoms with Crippen molar-refractivity contribution < 1.29 is 13.9 Å². The van der Waals surface area contributed by atoms with E-state index in [9.17, 15) is 4.79 Å². The topological polar surface area (TPSA) is 82.2 Å². The van der Waals surface area contributed by atoms with E-state index in [1.807, 2.05) is 48.7 Å². The molecule has 0 aliphatic carbocycles. The third-order valence-corrected chi connectivity index (χ3v) is 4.52. The summed E-state index contributed by atoms with van der Waals surface area (Å²) in [4.78, 5) is 12.2. The number of amides is 1. The quantitative estimate of drug-likeness (QED) is 0.607. The summed E-state index contributed by atoms with van der Waals surface area (Å²) in [5, 5.41) is 11.9. The summed E-state index contributed by atoms with van der Waals surface area (Å²) in [6.07, 6.45) is 1.60. The Kier molecular flexibility index (Phi) is 5.96. The van der Waals surface area contributed by atoms with Gasteiger partial charge >= 0.3 is 0 Å². The fourth-order valence-electron chi connectivity index (χ4n) is 2.40. The highest BCUT2D eigenvalue weighted by Gasteiger charge is 2.16. The number of nitrogens with one attached hydrogen (secondary N) is 1. The third kappa shape index (κ3) is 4.26. The maximum Gasteiger partial charge on any atom is 0.234 e. The standard InChI is InChI=1S/C18H20N4O3S/c1-3-22-17(15-6-5-11-25-15)20-21-18(22)26-12-16(23)19-13-7-9-14(10-8-13)24-4-2/h5-11H,3-4,12H2,1-2H3,(H,19,23). The van der Waals surface area contributed by atoms with Gasteiger partial charge in [-0.15, -0.1) is 10.2 Å². The Morgan fingerprint density at radius 3 is 2.69 bits per heavy atom. The highest BCUT2D eigenvalue weighted by molar-refractivity contribution is 7.99. The second-order valence-corrected chi connectivity index (χ2v) is 6.26. The van der Waals surface area contributed by atoms with E-state index in [4.69, 9.17) is 9.15 Å². The van der Waals surface area contributed by atoms with Gasteiger partial charge in [0.2, 0.25) is 5.91 Å². The molecule has 2 aromatic heterocycles. The van der Waals surface area contributed by atoms with Crippen LogP contribution in [-0.2, 0) is 11.3 Å². The van der Waals surface area contributed by atoms with Crippen molar-refractivity contribution in [3.8, 4) is 17.3 Å². The molecule has 8 heteroatoms. The Hall–Kier alpha value is -2.74. The maximum atomic E-state index is 12.2. The molecule has 0 aliphatic heterocycles. The van der Waals surface area contributed by atoms with Gasteiger partial charge < -0.3 is 14.5 Å². The number of nitrogens with zero attached hydrogens (tertiary/aromatic N) is 3. The van der Waals surface area contributed by atoms with Crippen LogP contribution in [0.5, 0.6) is 5.75 Å². The predicted molar refractivity (Wildman–Crippen MR) is 100 cm³/mol. The molecular formula is C18H20N4O3S. The summed E-state index contributed by atoms with van der Waals surface area (Å²) in [6.45, 7) is 5.23. The van der Waals surface area contributed by atoms with Gasteiger partial charge in [0, 0.05) is 12.2 Å². The SMILES string of the molecule is CCOc1ccc(NC(=O)CSc2nnc(-c3ccco3)n2CC)cc1. The van der Waals surface area contributed by atoms with Gasteiger partial charge in [-0.3, -0.25) is 9.36 Å². The van der Waals surface area contributed by atoms with Crippen molar-refractivity contribution in [3.63, 3.8) is 0 Å². The number of anilines is 1. The number of hydrogen-bond acceptors (Lipinski definition) is 6. The highest BCUT2D eigenvalue weighted by Crippen LogP contribution is 2.24. The lowest BCUT2D eigenvalue weighted by Crippen LogP contribution is -2.14. The van der Waals surface area contributed by atoms with Crippen LogP contribution >= 0.6 is 11.8 Å². The van der Waals surface area contributed by atoms with E-state index in [0.29, 0.717) is 29.9 Å². The molecule has 1 N–H and O–H groups in total. The fourth-order valence-corrected chi connectivity index (χ4v) is 3.20. The number of benzene rings is 1. The molecule has 1 aromatic carbocycles. The molecule has 0 aliphatic rings. The Bertz CT molecular complexity index is 844. The average Bonchev–Trinajstić information content (AvgIpc) is 3.31. The number of carbonyl (C=O) groups excluding carboxylic acids is 1. The summed E-state index contributed by atoms with van der Waals surface area (Å²) in [5.74, 6) is 2.23. The number of hydrogen-bond donors (Lipinski definition) is 1. The van der Waals surface area contributed by atoms with Gasteiger partial charge in [0.15, 0.2) is 16.7 Å². The van der Waals surface area contributed by atoms with E-state index in [0.717, 1.165) is 11.4 Å². The first-order chi connectivity index (χ1) is 12.7. The van der Waals surface area contributed by atoms with Crippen LogP contribution in [0.2, 0.25) is 0 Å². The van der Waals surface area contributed by atoms with E-state index in [2.05, 4.69) is 15.5 Å². The van der Waals surface area contributed by atoms with Crippen molar-refractivity contribution in [1.29, 1.82) is 0 Å². The first-order valence-corrected chi connectivity index (χ1v) is 9.32. The van der Waals surface area contributed by atoms with Gasteiger partial charge in [0.25, 0.3) is 0 Å². The maximum absolute atomic E-state index is 12.2. The molecule has 3 rings (SSSR count). The van der Waals surface area contributed by atoms with Crippen molar-refractivity contribution in [2.45, 2.75) is 25.5 Å². The molecule has 0 saturated carbocycles. The Morgan fingerprint density at radius 2 is 2.04 bits per heavy atom. The molecule has 1 amide bonds. The van der Waals surface area contributed by atoms with Crippen LogP contribution in [0, 0.1) is 0 Å². The van der Waals surface area contributed by atoms with Gasteiger partial charge in [-0.1, -0.05) is 11.8 Å². The predicted octanol–water partition coefficient (Wildman–Crippen LogP) is 3.69. The Morgan fingerprint density at radius 1 is 1.23 bits per heavy atom. The number of thioether (sulfide) groups is 1. The molecule has 3 aromatic rings. The molecule has 0 bridgehead atoms. The van der Waals surface area contributed by atoms with E-state index in [1.165, 1.54) is 11.8 Å². The summed E-state index contributed by atoms with van der Waals surface area (Å²) < 4.78 is 12.7. The summed E-state index contributed by atoms with van der Waals surface area (Å²) in [5.41, 5.74) is 0.729. The molecular weight excluding hydrogens is 352 g/mol. The molecule has 0 unspecified atom stereocenters. The van der Waals surface area contributed by atoms with Crippen molar-refractivity contribution in [2.75, 3.05) is 17.7 Å². The van der Waals surface area contributed by atoms with Gasteiger partial charge in [-0.25, -0.2) is 0 Å². The summed E-state index contributed by atoms with van der Waals surface area (Å²) >= 11 is 1.34. The van der Waals surface area contributed by atoms with Crippen LogP contribution in [0.4, 0.5) is 5.69 Å². The van der Waals surface area contributed by atoms with Crippen LogP contribution in [0.15, 0.2) is 52.2 Å². The van der Waals surface area contributed by atoms with Gasteiger partial charge in [-0.2, -0.15) is 0 Å². The number of rotatable bonds is 8. The first kappa shape index (κ1) is 18.1. The molecule has 136 valence electrons. The van der Waals surface area contributed by atoms with E-state index < -0.39 is 0 Å². The minimum absolute atomic E-state index is 0.107. The van der Waals surface area contributed by atoms with Gasteiger partial charge in [0.05, 0.1) is 18.6 Å². The van der Waals surface area contributed by atoms with Crippen molar-refractivity contribution in [1.82, 2.24) is 14.8 Å². The van der Waals surface area contributed by atoms with Crippen LogP contribution in [0.25, 0.3) is 11.6 Å². The minimum Gasteiger partial charge on any atom is -0.494 e. The summed E-state index contributed by atoms with van der Waals surface area (Å²) in [6, 6.07) is 10.9. The van der Waals surface area contributed by atoms with E-state index in [-0.39, 0.29) is 11.7 Å². The van der Waals surface area contributed by atoms with Crippen molar-refractivity contribution in [3.05, 3.63) is 42.7 Å². The zero-order valence-electron chi connectivity index (χ0n) is 14.6. The van der Waals surface area contributed by atoms with Crippen LogP contribution in [-0.4, -0.2) is 33.0 Å². The molecule has 0 fully saturated rings.